The summed E-state index contributed by atoms with van der Waals surface area (Å²) in [6.07, 6.45) is -2.13. The summed E-state index contributed by atoms with van der Waals surface area (Å²) in [5, 5.41) is 17.3. The monoisotopic (exact) mass is 302 g/mol. The minimum absolute atomic E-state index is 0.0718. The molecule has 1 amide bonds. The van der Waals surface area contributed by atoms with Gasteiger partial charge in [0.1, 0.15) is 13.2 Å². The third-order valence-electron chi connectivity index (χ3n) is 2.32. The van der Waals surface area contributed by atoms with Crippen molar-refractivity contribution in [3.05, 3.63) is 29.6 Å². The Morgan fingerprint density at radius 2 is 2.05 bits per heavy atom. The van der Waals surface area contributed by atoms with Gasteiger partial charge in [-0.25, -0.2) is 0 Å². The number of hydrogen-bond donors (Lipinski definition) is 2. The van der Waals surface area contributed by atoms with Crippen LogP contribution in [0.1, 0.15) is 15.9 Å². The maximum Gasteiger partial charge on any atom is 0.406 e. The van der Waals surface area contributed by atoms with Gasteiger partial charge in [-0.3, -0.25) is 9.78 Å². The lowest BCUT2D eigenvalue weighted by molar-refractivity contribution is -0.141. The fourth-order valence-corrected chi connectivity index (χ4v) is 1.54. The Balaban J connectivity index is 2.98. The molecule has 0 atom stereocenters. The first-order valence-corrected chi connectivity index (χ1v) is 5.89. The van der Waals surface area contributed by atoms with Crippen molar-refractivity contribution in [2.45, 2.75) is 6.18 Å². The molecule has 0 aliphatic heterocycles. The quantitative estimate of drug-likeness (QED) is 0.791. The van der Waals surface area contributed by atoms with Crippen molar-refractivity contribution in [1.82, 2.24) is 9.88 Å². The number of carbonyl (C=O) groups excluding carboxylic acids is 1. The number of carbonyl (C=O) groups is 1. The highest BCUT2D eigenvalue weighted by Crippen LogP contribution is 2.18. The second-order valence-electron chi connectivity index (χ2n) is 3.99. The van der Waals surface area contributed by atoms with Crippen molar-refractivity contribution in [3.63, 3.8) is 0 Å². The molecule has 1 heterocycles. The van der Waals surface area contributed by atoms with Gasteiger partial charge in [-0.1, -0.05) is 11.8 Å². The van der Waals surface area contributed by atoms with Crippen LogP contribution in [-0.4, -0.2) is 58.5 Å². The van der Waals surface area contributed by atoms with Crippen LogP contribution >= 0.6 is 0 Å². The fraction of sp³-hybridized carbons (Fsp3) is 0.385. The van der Waals surface area contributed by atoms with Gasteiger partial charge in [0.25, 0.3) is 5.91 Å². The Labute approximate surface area is 119 Å². The van der Waals surface area contributed by atoms with E-state index in [-0.39, 0.29) is 12.2 Å². The van der Waals surface area contributed by atoms with Crippen LogP contribution in [0.5, 0.6) is 0 Å². The zero-order chi connectivity index (χ0) is 15.9. The van der Waals surface area contributed by atoms with Crippen LogP contribution in [0, 0.1) is 11.8 Å². The molecule has 0 saturated heterocycles. The molecule has 0 spiro atoms. The maximum absolute atomic E-state index is 12.4. The highest BCUT2D eigenvalue weighted by Gasteiger charge is 2.33. The first kappa shape index (κ1) is 16.9. The van der Waals surface area contributed by atoms with Crippen molar-refractivity contribution in [1.29, 1.82) is 0 Å². The van der Waals surface area contributed by atoms with E-state index in [2.05, 4.69) is 16.8 Å². The number of aliphatic hydroxyl groups excluding tert-OH is 2. The van der Waals surface area contributed by atoms with E-state index in [1.165, 1.54) is 12.3 Å². The van der Waals surface area contributed by atoms with E-state index in [1.54, 1.807) is 0 Å². The largest absolute Gasteiger partial charge is 0.406 e. The number of aliphatic hydroxyl groups is 2. The van der Waals surface area contributed by atoms with Gasteiger partial charge < -0.3 is 15.1 Å². The average molecular weight is 302 g/mol. The lowest BCUT2D eigenvalue weighted by Gasteiger charge is -2.23. The van der Waals surface area contributed by atoms with Crippen LogP contribution in [0.2, 0.25) is 0 Å². The van der Waals surface area contributed by atoms with Crippen LogP contribution in [-0.2, 0) is 0 Å². The minimum atomic E-state index is -4.56. The molecule has 0 aliphatic carbocycles. The zero-order valence-electron chi connectivity index (χ0n) is 10.9. The Morgan fingerprint density at radius 1 is 1.33 bits per heavy atom. The molecular formula is C13H13F3N2O3. The molecule has 114 valence electrons. The summed E-state index contributed by atoms with van der Waals surface area (Å²) in [5.41, 5.74) is 0.225. The van der Waals surface area contributed by atoms with Gasteiger partial charge in [0.15, 0.2) is 0 Å². The second-order valence-corrected chi connectivity index (χ2v) is 3.99. The van der Waals surface area contributed by atoms with Gasteiger partial charge >= 0.3 is 6.18 Å². The number of halogens is 3. The predicted octanol–water partition coefficient (Wildman–Crippen LogP) is 0.422. The lowest BCUT2D eigenvalue weighted by Crippen LogP contribution is -2.40. The molecule has 8 heteroatoms. The number of pyridine rings is 1. The molecule has 0 fully saturated rings. The summed E-state index contributed by atoms with van der Waals surface area (Å²) in [7, 11) is 0. The van der Waals surface area contributed by atoms with Crippen molar-refractivity contribution in [2.24, 2.45) is 0 Å². The van der Waals surface area contributed by atoms with E-state index in [4.69, 9.17) is 10.2 Å². The van der Waals surface area contributed by atoms with Crippen LogP contribution in [0.25, 0.3) is 0 Å². The number of hydrogen-bond acceptors (Lipinski definition) is 4. The van der Waals surface area contributed by atoms with Crippen LogP contribution in [0.15, 0.2) is 18.5 Å². The molecule has 0 bridgehead atoms. The molecular weight excluding hydrogens is 289 g/mol. The van der Waals surface area contributed by atoms with E-state index in [9.17, 15) is 18.0 Å². The highest BCUT2D eigenvalue weighted by atomic mass is 19.4. The Kier molecular flexibility index (Phi) is 6.14. The number of amides is 1. The predicted molar refractivity (Wildman–Crippen MR) is 67.2 cm³/mol. The molecule has 0 aromatic carbocycles. The molecule has 0 saturated carbocycles. The molecule has 1 aromatic heterocycles. The lowest BCUT2D eigenvalue weighted by atomic mass is 10.2. The van der Waals surface area contributed by atoms with Gasteiger partial charge in [-0.2, -0.15) is 13.2 Å². The Bertz CT molecular complexity index is 550. The summed E-state index contributed by atoms with van der Waals surface area (Å²) < 4.78 is 37.2. The summed E-state index contributed by atoms with van der Waals surface area (Å²) in [6, 6.07) is 1.28. The molecule has 2 N–H and O–H groups in total. The normalized spacial score (nSPS) is 10.7. The van der Waals surface area contributed by atoms with Crippen LogP contribution < -0.4 is 0 Å². The van der Waals surface area contributed by atoms with E-state index in [1.807, 2.05) is 0 Å². The first-order chi connectivity index (χ1) is 9.87. The summed E-state index contributed by atoms with van der Waals surface area (Å²) in [6.45, 7) is -2.87. The molecule has 0 aliphatic rings. The molecule has 1 aromatic rings. The Hall–Kier alpha value is -2.11. The summed E-state index contributed by atoms with van der Waals surface area (Å²) in [4.78, 5) is 16.2. The number of rotatable bonds is 4. The van der Waals surface area contributed by atoms with Crippen molar-refractivity contribution in [3.8, 4) is 11.8 Å². The smallest absolute Gasteiger partial charge is 0.395 e. The highest BCUT2D eigenvalue weighted by molar-refractivity contribution is 5.94. The van der Waals surface area contributed by atoms with Crippen LogP contribution in [0.4, 0.5) is 13.2 Å². The van der Waals surface area contributed by atoms with Gasteiger partial charge in [-0.15, -0.1) is 0 Å². The average Bonchev–Trinajstić information content (AvgIpc) is 2.43. The van der Waals surface area contributed by atoms with Crippen molar-refractivity contribution >= 4 is 5.91 Å². The van der Waals surface area contributed by atoms with Gasteiger partial charge in [0.05, 0.1) is 12.2 Å². The van der Waals surface area contributed by atoms with Crippen molar-refractivity contribution in [2.75, 3.05) is 26.3 Å². The van der Waals surface area contributed by atoms with E-state index < -0.39 is 31.8 Å². The fourth-order valence-electron chi connectivity index (χ4n) is 1.54. The third-order valence-corrected chi connectivity index (χ3v) is 2.32. The topological polar surface area (TPSA) is 73.7 Å². The van der Waals surface area contributed by atoms with Gasteiger partial charge in [0, 0.05) is 24.5 Å². The summed E-state index contributed by atoms with van der Waals surface area (Å²) in [5.74, 6) is 3.95. The standard InChI is InChI=1S/C13H13F3N2O3/c14-13(15,16)9-18(3-5-20)12(21)11-6-10(2-1-4-19)7-17-8-11/h6-8,19-20H,3-5,9H2. The maximum atomic E-state index is 12.4. The van der Waals surface area contributed by atoms with Gasteiger partial charge in [0.2, 0.25) is 0 Å². The SMILES string of the molecule is O=C(c1cncc(C#CCO)c1)N(CCO)CC(F)(F)F. The molecule has 0 unspecified atom stereocenters. The number of alkyl halides is 3. The Morgan fingerprint density at radius 3 is 2.62 bits per heavy atom. The molecule has 5 nitrogen and oxygen atoms in total. The van der Waals surface area contributed by atoms with E-state index in [0.717, 1.165) is 6.20 Å². The van der Waals surface area contributed by atoms with Crippen LogP contribution in [0.3, 0.4) is 0 Å². The molecule has 0 radical (unpaired) electrons. The second kappa shape index (κ2) is 7.61. The zero-order valence-corrected chi connectivity index (χ0v) is 10.9. The van der Waals surface area contributed by atoms with E-state index in [0.29, 0.717) is 10.5 Å². The van der Waals surface area contributed by atoms with Gasteiger partial charge in [-0.05, 0) is 6.07 Å². The first-order valence-electron chi connectivity index (χ1n) is 5.89. The number of nitrogens with zero attached hydrogens (tertiary/aromatic N) is 2. The number of aromatic nitrogens is 1. The third kappa shape index (κ3) is 5.81. The van der Waals surface area contributed by atoms with Crippen molar-refractivity contribution < 1.29 is 28.2 Å². The minimum Gasteiger partial charge on any atom is -0.395 e. The molecule has 1 rings (SSSR count). The summed E-state index contributed by atoms with van der Waals surface area (Å²) >= 11 is 0. The van der Waals surface area contributed by atoms with E-state index >= 15 is 0 Å². The molecule has 21 heavy (non-hydrogen) atoms.